The van der Waals surface area contributed by atoms with Gasteiger partial charge in [0.05, 0.1) is 22.8 Å². The minimum Gasteiger partial charge on any atom is -0.361 e. The lowest BCUT2D eigenvalue weighted by Gasteiger charge is -2.45. The van der Waals surface area contributed by atoms with Crippen LogP contribution in [0.1, 0.15) is 101 Å². The van der Waals surface area contributed by atoms with Crippen LogP contribution in [0.5, 0.6) is 0 Å². The molecule has 0 unspecified atom stereocenters. The summed E-state index contributed by atoms with van der Waals surface area (Å²) >= 11 is 0. The predicted octanol–water partition coefficient (Wildman–Crippen LogP) is 8.32. The molecule has 1 saturated carbocycles. The molecule has 2 aliphatic heterocycles. The first-order valence-corrected chi connectivity index (χ1v) is 12.9. The predicted molar refractivity (Wildman–Crippen MR) is 149 cm³/mol. The summed E-state index contributed by atoms with van der Waals surface area (Å²) < 4.78 is 0. The summed E-state index contributed by atoms with van der Waals surface area (Å²) in [6, 6.07) is 0. The Hall–Kier alpha value is -2.49. The molecule has 1 aliphatic carbocycles. The van der Waals surface area contributed by atoms with Crippen LogP contribution in [0, 0.1) is 0 Å². The van der Waals surface area contributed by atoms with Gasteiger partial charge < -0.3 is 15.5 Å². The van der Waals surface area contributed by atoms with Crippen LogP contribution < -0.4 is 10.6 Å². The van der Waals surface area contributed by atoms with Gasteiger partial charge >= 0.3 is 0 Å². The molecule has 2 fully saturated rings. The van der Waals surface area contributed by atoms with Crippen molar-refractivity contribution >= 4 is 6.21 Å². The molecule has 4 heteroatoms. The van der Waals surface area contributed by atoms with Crippen molar-refractivity contribution in [3.63, 3.8) is 0 Å². The van der Waals surface area contributed by atoms with Crippen molar-refractivity contribution in [3.05, 3.63) is 71.1 Å². The first kappa shape index (κ1) is 30.5. The minimum atomic E-state index is -0.0543. The number of nitrogens with one attached hydrogen (secondary N) is 2. The second-order valence-electron chi connectivity index (χ2n) is 7.68. The van der Waals surface area contributed by atoms with E-state index in [1.54, 1.807) is 6.21 Å². The molecule has 0 aromatic heterocycles. The molecule has 1 saturated heterocycles. The Morgan fingerprint density at radius 2 is 1.67 bits per heavy atom. The van der Waals surface area contributed by atoms with Crippen molar-refractivity contribution in [2.24, 2.45) is 4.99 Å². The van der Waals surface area contributed by atoms with E-state index in [9.17, 15) is 0 Å². The maximum Gasteiger partial charge on any atom is 0.130 e. The van der Waals surface area contributed by atoms with Crippen LogP contribution in [0.4, 0.5) is 0 Å². The second-order valence-corrected chi connectivity index (χ2v) is 7.68. The van der Waals surface area contributed by atoms with Gasteiger partial charge in [0.1, 0.15) is 11.5 Å². The van der Waals surface area contributed by atoms with E-state index in [2.05, 4.69) is 59.7 Å². The highest BCUT2D eigenvalue weighted by Crippen LogP contribution is 2.47. The molecule has 186 valence electrons. The van der Waals surface area contributed by atoms with Crippen molar-refractivity contribution in [1.82, 2.24) is 15.5 Å². The zero-order valence-electron chi connectivity index (χ0n) is 23.2. The van der Waals surface area contributed by atoms with Gasteiger partial charge in [-0.1, -0.05) is 72.8 Å². The first-order chi connectivity index (χ1) is 15.9. The van der Waals surface area contributed by atoms with Crippen LogP contribution in [0.25, 0.3) is 0 Å². The fraction of sp³-hybridized carbons (Fsp3) is 0.552. The molecule has 2 heterocycles. The van der Waals surface area contributed by atoms with Crippen LogP contribution in [0.3, 0.4) is 0 Å². The van der Waals surface area contributed by atoms with Crippen molar-refractivity contribution in [1.29, 1.82) is 0 Å². The summed E-state index contributed by atoms with van der Waals surface area (Å²) in [5.74, 6) is 0.801. The van der Waals surface area contributed by atoms with Crippen LogP contribution in [0.2, 0.25) is 0 Å². The topological polar surface area (TPSA) is 39.7 Å². The number of fused-ring (bicyclic) bond motifs is 2. The SMILES string of the molecule is C=C(C)/C=C(\N=C/C)NC1=CC(C)=C2C(=C)NC3(CCCCC3)N2/C1=C/C.CC.CC.CC. The lowest BCUT2D eigenvalue weighted by Crippen LogP contribution is -2.52. The molecule has 2 N–H and O–H groups in total. The van der Waals surface area contributed by atoms with E-state index in [4.69, 9.17) is 0 Å². The summed E-state index contributed by atoms with van der Waals surface area (Å²) in [5.41, 5.74) is 6.64. The van der Waals surface area contributed by atoms with Gasteiger partial charge in [-0.2, -0.15) is 0 Å². The monoisotopic (exact) mass is 454 g/mol. The first-order valence-electron chi connectivity index (χ1n) is 12.9. The van der Waals surface area contributed by atoms with E-state index in [1.807, 2.05) is 61.5 Å². The fourth-order valence-corrected chi connectivity index (χ4v) is 4.48. The lowest BCUT2D eigenvalue weighted by molar-refractivity contribution is 0.123. The Balaban J connectivity index is 0.00000158. The molecular formula is C29H50N4. The van der Waals surface area contributed by atoms with Gasteiger partial charge in [0.25, 0.3) is 0 Å². The molecule has 0 aromatic rings. The zero-order valence-corrected chi connectivity index (χ0v) is 23.2. The highest BCUT2D eigenvalue weighted by Gasteiger charge is 2.48. The molecule has 1 spiro atoms. The zero-order chi connectivity index (χ0) is 25.6. The van der Waals surface area contributed by atoms with Crippen LogP contribution in [-0.2, 0) is 0 Å². The Kier molecular flexibility index (Phi) is 14.2. The fourth-order valence-electron chi connectivity index (χ4n) is 4.48. The smallest absolute Gasteiger partial charge is 0.130 e. The van der Waals surface area contributed by atoms with Crippen molar-refractivity contribution in [2.45, 2.75) is 107 Å². The standard InChI is InChI=1S/C23H32N4.3C2H6/c1-7-20-19(25-21(24-8-2)14-16(3)4)15-17(5)22-18(6)26-23(27(20)22)12-10-9-11-13-23;3*1-2/h7-8,14-15,25-26H,3,6,9-13H2,1-2,4-5H3;3*1-2H3/b20-7+,21-14+,24-8-;;;. The largest absolute Gasteiger partial charge is 0.361 e. The third-order valence-electron chi connectivity index (χ3n) is 5.44. The van der Waals surface area contributed by atoms with Gasteiger partial charge in [-0.3, -0.25) is 0 Å². The maximum atomic E-state index is 4.49. The van der Waals surface area contributed by atoms with Crippen molar-refractivity contribution in [3.8, 4) is 0 Å². The van der Waals surface area contributed by atoms with Gasteiger partial charge in [-0.05, 0) is 71.1 Å². The molecule has 0 aromatic carbocycles. The van der Waals surface area contributed by atoms with E-state index >= 15 is 0 Å². The Labute approximate surface area is 205 Å². The van der Waals surface area contributed by atoms with E-state index in [-0.39, 0.29) is 5.66 Å². The normalized spacial score (nSPS) is 20.0. The molecule has 3 rings (SSSR count). The summed E-state index contributed by atoms with van der Waals surface area (Å²) in [6.07, 6.45) is 14.2. The molecule has 0 amide bonds. The number of hydrogen-bond acceptors (Lipinski definition) is 4. The van der Waals surface area contributed by atoms with Gasteiger partial charge in [0.15, 0.2) is 0 Å². The molecule has 0 radical (unpaired) electrons. The maximum absolute atomic E-state index is 4.49. The van der Waals surface area contributed by atoms with Crippen LogP contribution >= 0.6 is 0 Å². The highest BCUT2D eigenvalue weighted by atomic mass is 15.4. The second kappa shape index (κ2) is 15.4. The summed E-state index contributed by atoms with van der Waals surface area (Å²) in [7, 11) is 0. The Morgan fingerprint density at radius 3 is 2.15 bits per heavy atom. The molecule has 3 aliphatic rings. The highest BCUT2D eigenvalue weighted by molar-refractivity contribution is 5.57. The lowest BCUT2D eigenvalue weighted by atomic mass is 9.87. The number of allylic oxidation sites excluding steroid dienone is 5. The van der Waals surface area contributed by atoms with Gasteiger partial charge in [-0.15, -0.1) is 0 Å². The average Bonchev–Trinajstić information content (AvgIpc) is 3.10. The third-order valence-corrected chi connectivity index (χ3v) is 5.44. The Bertz CT molecular complexity index is 799. The number of aliphatic imine (C=N–C) groups is 1. The van der Waals surface area contributed by atoms with E-state index < -0.39 is 0 Å². The molecule has 33 heavy (non-hydrogen) atoms. The van der Waals surface area contributed by atoms with Crippen LogP contribution in [-0.4, -0.2) is 16.8 Å². The van der Waals surface area contributed by atoms with E-state index in [0.29, 0.717) is 0 Å². The van der Waals surface area contributed by atoms with Crippen LogP contribution in [0.15, 0.2) is 76.1 Å². The Morgan fingerprint density at radius 1 is 1.09 bits per heavy atom. The quantitative estimate of drug-likeness (QED) is 0.331. The van der Waals surface area contributed by atoms with E-state index in [0.717, 1.165) is 35.6 Å². The molecular weight excluding hydrogens is 404 g/mol. The van der Waals surface area contributed by atoms with Crippen molar-refractivity contribution in [2.75, 3.05) is 0 Å². The van der Waals surface area contributed by atoms with E-state index in [1.165, 1.54) is 36.2 Å². The molecule has 4 nitrogen and oxygen atoms in total. The number of hydrogen-bond donors (Lipinski definition) is 2. The summed E-state index contributed by atoms with van der Waals surface area (Å²) in [4.78, 5) is 6.97. The van der Waals surface area contributed by atoms with Gasteiger partial charge in [0, 0.05) is 6.21 Å². The minimum absolute atomic E-state index is 0.0543. The summed E-state index contributed by atoms with van der Waals surface area (Å²) in [6.45, 7) is 28.5. The number of nitrogens with zero attached hydrogens (tertiary/aromatic N) is 2. The average molecular weight is 455 g/mol. The number of rotatable bonds is 4. The third kappa shape index (κ3) is 7.25. The van der Waals surface area contributed by atoms with Gasteiger partial charge in [-0.25, -0.2) is 4.99 Å². The molecule has 0 atom stereocenters. The van der Waals surface area contributed by atoms with Crippen molar-refractivity contribution < 1.29 is 0 Å². The summed E-state index contributed by atoms with van der Waals surface area (Å²) in [5, 5.41) is 7.28. The molecule has 0 bridgehead atoms. The van der Waals surface area contributed by atoms with Gasteiger partial charge in [0.2, 0.25) is 0 Å².